The van der Waals surface area contributed by atoms with Crippen LogP contribution in [0, 0.1) is 16.2 Å². The van der Waals surface area contributed by atoms with Gasteiger partial charge in [0.15, 0.2) is 0 Å². The Morgan fingerprint density at radius 3 is 2.50 bits per heavy atom. The van der Waals surface area contributed by atoms with E-state index in [2.05, 4.69) is 16.3 Å². The molecule has 0 aromatic rings. The molecule has 1 aliphatic rings. The van der Waals surface area contributed by atoms with E-state index in [9.17, 15) is 4.91 Å². The van der Waals surface area contributed by atoms with E-state index in [4.69, 9.17) is 5.26 Å². The molecule has 0 atom stereocenters. The van der Waals surface area contributed by atoms with E-state index < -0.39 is 0 Å². The van der Waals surface area contributed by atoms with Crippen LogP contribution in [0.25, 0.3) is 0 Å². The molecule has 5 nitrogen and oxygen atoms in total. The Morgan fingerprint density at radius 1 is 1.33 bits per heavy atom. The molecule has 0 aromatic carbocycles. The van der Waals surface area contributed by atoms with Crippen molar-refractivity contribution in [3.8, 4) is 6.07 Å². The summed E-state index contributed by atoms with van der Waals surface area (Å²) in [4.78, 5) is 12.3. The Kier molecular flexibility index (Phi) is 3.48. The van der Waals surface area contributed by atoms with Gasteiger partial charge in [0.05, 0.1) is 24.4 Å². The Bertz CT molecular complexity index is 180. The van der Waals surface area contributed by atoms with Crippen molar-refractivity contribution in [2.45, 2.75) is 6.42 Å². The van der Waals surface area contributed by atoms with E-state index >= 15 is 0 Å². The van der Waals surface area contributed by atoms with E-state index in [-0.39, 0.29) is 0 Å². The third kappa shape index (κ3) is 2.47. The average molecular weight is 168 g/mol. The molecule has 0 amide bonds. The Balaban J connectivity index is 2.18. The number of nitroso groups, excluding NO2 is 1. The largest absolute Gasteiger partial charge is 0.299 e. The monoisotopic (exact) mass is 168 g/mol. The molecule has 1 rings (SSSR count). The number of nitriles is 1. The van der Waals surface area contributed by atoms with Gasteiger partial charge in [-0.05, 0) is 0 Å². The topological polar surface area (TPSA) is 59.7 Å². The summed E-state index contributed by atoms with van der Waals surface area (Å²) in [6.07, 6.45) is 0.564. The minimum Gasteiger partial charge on any atom is -0.299 e. The number of piperazine rings is 1. The molecule has 0 aromatic heterocycles. The first-order chi connectivity index (χ1) is 5.86. The summed E-state index contributed by atoms with van der Waals surface area (Å²) in [5.74, 6) is 0. The van der Waals surface area contributed by atoms with Crippen LogP contribution >= 0.6 is 0 Å². The lowest BCUT2D eigenvalue weighted by Gasteiger charge is -2.30. The van der Waals surface area contributed by atoms with E-state index in [1.807, 2.05) is 0 Å². The summed E-state index contributed by atoms with van der Waals surface area (Å²) in [6.45, 7) is 3.87. The second kappa shape index (κ2) is 4.67. The van der Waals surface area contributed by atoms with Crippen molar-refractivity contribution >= 4 is 0 Å². The Morgan fingerprint density at radius 2 is 2.00 bits per heavy atom. The molecule has 1 fully saturated rings. The van der Waals surface area contributed by atoms with Crippen molar-refractivity contribution in [3.63, 3.8) is 0 Å². The van der Waals surface area contributed by atoms with Gasteiger partial charge in [-0.25, -0.2) is 0 Å². The van der Waals surface area contributed by atoms with E-state index in [1.165, 1.54) is 5.01 Å². The first kappa shape index (κ1) is 8.94. The highest BCUT2D eigenvalue weighted by molar-refractivity contribution is 4.75. The van der Waals surface area contributed by atoms with Gasteiger partial charge in [0.2, 0.25) is 0 Å². The average Bonchev–Trinajstić information content (AvgIpc) is 2.15. The van der Waals surface area contributed by atoms with Gasteiger partial charge >= 0.3 is 0 Å². The van der Waals surface area contributed by atoms with Gasteiger partial charge in [-0.15, -0.1) is 4.91 Å². The molecule has 12 heavy (non-hydrogen) atoms. The van der Waals surface area contributed by atoms with Crippen LogP contribution in [0.1, 0.15) is 6.42 Å². The van der Waals surface area contributed by atoms with Crippen LogP contribution in [0.2, 0.25) is 0 Å². The van der Waals surface area contributed by atoms with E-state index in [1.54, 1.807) is 0 Å². The van der Waals surface area contributed by atoms with Crippen molar-refractivity contribution in [3.05, 3.63) is 4.91 Å². The van der Waals surface area contributed by atoms with Crippen LogP contribution in [0.3, 0.4) is 0 Å². The second-order valence-electron chi connectivity index (χ2n) is 2.79. The Labute approximate surface area is 71.5 Å². The fourth-order valence-corrected chi connectivity index (χ4v) is 1.25. The minimum atomic E-state index is 0.564. The molecular weight excluding hydrogens is 156 g/mol. The molecule has 0 N–H and O–H groups in total. The molecule has 66 valence electrons. The zero-order chi connectivity index (χ0) is 8.81. The van der Waals surface area contributed by atoms with Gasteiger partial charge < -0.3 is 0 Å². The summed E-state index contributed by atoms with van der Waals surface area (Å²) in [6, 6.07) is 2.10. The van der Waals surface area contributed by atoms with Crippen LogP contribution in [-0.4, -0.2) is 42.6 Å². The van der Waals surface area contributed by atoms with E-state index in [0.29, 0.717) is 19.5 Å². The van der Waals surface area contributed by atoms with Crippen LogP contribution in [-0.2, 0) is 0 Å². The van der Waals surface area contributed by atoms with Crippen LogP contribution in [0.15, 0.2) is 5.29 Å². The standard InChI is InChI=1S/C7H12N4O/c8-2-1-3-10-4-6-11(9-12)7-5-10/h1,3-7H2. The smallest absolute Gasteiger partial charge is 0.0635 e. The highest BCUT2D eigenvalue weighted by atomic mass is 16.3. The maximum absolute atomic E-state index is 10.1. The van der Waals surface area contributed by atoms with Gasteiger partial charge in [0, 0.05) is 26.1 Å². The van der Waals surface area contributed by atoms with Crippen molar-refractivity contribution in [1.82, 2.24) is 9.91 Å². The molecule has 5 heteroatoms. The number of nitrogens with zero attached hydrogens (tertiary/aromatic N) is 4. The predicted octanol–water partition coefficient (Wildman–Crippen LogP) is 0.199. The van der Waals surface area contributed by atoms with E-state index in [0.717, 1.165) is 19.6 Å². The molecule has 1 aliphatic heterocycles. The first-order valence-electron chi connectivity index (χ1n) is 4.04. The van der Waals surface area contributed by atoms with Crippen molar-refractivity contribution in [2.75, 3.05) is 32.7 Å². The summed E-state index contributed by atoms with van der Waals surface area (Å²) in [5.41, 5.74) is 0. The lowest BCUT2D eigenvalue weighted by molar-refractivity contribution is 0.136. The zero-order valence-corrected chi connectivity index (χ0v) is 6.94. The molecule has 0 radical (unpaired) electrons. The lowest BCUT2D eigenvalue weighted by atomic mass is 10.3. The highest BCUT2D eigenvalue weighted by Crippen LogP contribution is 2.01. The number of hydrogen-bond donors (Lipinski definition) is 0. The van der Waals surface area contributed by atoms with Gasteiger partial charge in [0.25, 0.3) is 0 Å². The normalized spacial score (nSPS) is 18.8. The highest BCUT2D eigenvalue weighted by Gasteiger charge is 2.14. The summed E-state index contributed by atoms with van der Waals surface area (Å²) >= 11 is 0. The second-order valence-corrected chi connectivity index (χ2v) is 2.79. The maximum atomic E-state index is 10.1. The fraction of sp³-hybridized carbons (Fsp3) is 0.857. The first-order valence-corrected chi connectivity index (χ1v) is 4.04. The lowest BCUT2D eigenvalue weighted by Crippen LogP contribution is -2.44. The quantitative estimate of drug-likeness (QED) is 0.565. The maximum Gasteiger partial charge on any atom is 0.0635 e. The van der Waals surface area contributed by atoms with Crippen molar-refractivity contribution < 1.29 is 0 Å². The van der Waals surface area contributed by atoms with Crippen LogP contribution in [0.5, 0.6) is 0 Å². The minimum absolute atomic E-state index is 0.564. The zero-order valence-electron chi connectivity index (χ0n) is 6.94. The number of hydrogen-bond acceptors (Lipinski definition) is 4. The molecule has 0 bridgehead atoms. The molecule has 0 unspecified atom stereocenters. The van der Waals surface area contributed by atoms with Gasteiger partial charge in [-0.3, -0.25) is 9.91 Å². The molecular formula is C7H12N4O. The molecule has 0 aliphatic carbocycles. The van der Waals surface area contributed by atoms with Crippen molar-refractivity contribution in [2.24, 2.45) is 5.29 Å². The summed E-state index contributed by atoms with van der Waals surface area (Å²) in [7, 11) is 0. The van der Waals surface area contributed by atoms with Gasteiger partial charge in [-0.2, -0.15) is 5.26 Å². The third-order valence-corrected chi connectivity index (χ3v) is 2.00. The summed E-state index contributed by atoms with van der Waals surface area (Å²) < 4.78 is 0. The van der Waals surface area contributed by atoms with Crippen LogP contribution in [0.4, 0.5) is 0 Å². The molecule has 1 saturated heterocycles. The molecule has 0 spiro atoms. The predicted molar refractivity (Wildman–Crippen MR) is 44.0 cm³/mol. The van der Waals surface area contributed by atoms with Gasteiger partial charge in [0.1, 0.15) is 0 Å². The molecule has 1 heterocycles. The third-order valence-electron chi connectivity index (χ3n) is 2.00. The van der Waals surface area contributed by atoms with Crippen LogP contribution < -0.4 is 0 Å². The van der Waals surface area contributed by atoms with Gasteiger partial charge in [-0.1, -0.05) is 0 Å². The van der Waals surface area contributed by atoms with Crippen molar-refractivity contribution in [1.29, 1.82) is 5.26 Å². The Hall–Kier alpha value is -1.15. The SMILES string of the molecule is N#CCCN1CCN(N=O)CC1. The summed E-state index contributed by atoms with van der Waals surface area (Å²) in [5, 5.41) is 12.7. The number of rotatable bonds is 3. The fourth-order valence-electron chi connectivity index (χ4n) is 1.25. The molecule has 0 saturated carbocycles.